The molecule has 0 spiro atoms. The van der Waals surface area contributed by atoms with Gasteiger partial charge in [0.25, 0.3) is 0 Å². The lowest BCUT2D eigenvalue weighted by Gasteiger charge is -2.37. The van der Waals surface area contributed by atoms with Gasteiger partial charge in [0.1, 0.15) is 12.1 Å². The Morgan fingerprint density at radius 2 is 1.81 bits per heavy atom. The Balaban J connectivity index is 2.06. The quantitative estimate of drug-likeness (QED) is 0.477. The van der Waals surface area contributed by atoms with Crippen molar-refractivity contribution in [3.05, 3.63) is 0 Å². The van der Waals surface area contributed by atoms with Gasteiger partial charge in [-0.2, -0.15) is 11.8 Å². The second-order valence-corrected chi connectivity index (χ2v) is 11.7. The molecule has 4 N–H and O–H groups in total. The summed E-state index contributed by atoms with van der Waals surface area (Å²) in [6.07, 6.45) is 4.56. The number of likely N-dealkylation sites (tertiary alicyclic amines) is 1. The Kier molecular flexibility index (Phi) is 10.1. The molecule has 32 heavy (non-hydrogen) atoms. The maximum atomic E-state index is 13.6. The van der Waals surface area contributed by atoms with Gasteiger partial charge >= 0.3 is 6.09 Å². The Bertz CT molecular complexity index is 650. The molecule has 0 radical (unpaired) electrons. The number of amides is 3. The van der Waals surface area contributed by atoms with Crippen LogP contribution in [-0.4, -0.2) is 70.6 Å². The molecular formula is C23H42N4O4S. The zero-order valence-electron chi connectivity index (χ0n) is 20.3. The summed E-state index contributed by atoms with van der Waals surface area (Å²) in [6, 6.07) is -1.01. The van der Waals surface area contributed by atoms with Crippen molar-refractivity contribution in [2.45, 2.75) is 102 Å². The SMILES string of the molecule is CCSC(C)(C)C(NC(=O)OC(C)C)C(=O)N1CCCC1C(=O)NCC1CCC(N)CC1. The van der Waals surface area contributed by atoms with Crippen LogP contribution >= 0.6 is 11.8 Å². The van der Waals surface area contributed by atoms with E-state index in [2.05, 4.69) is 10.6 Å². The number of nitrogens with zero attached hydrogens (tertiary/aromatic N) is 1. The molecule has 2 aliphatic rings. The molecule has 3 amide bonds. The van der Waals surface area contributed by atoms with E-state index in [1.54, 1.807) is 30.5 Å². The molecule has 8 nitrogen and oxygen atoms in total. The largest absolute Gasteiger partial charge is 0.447 e. The zero-order chi connectivity index (χ0) is 23.9. The normalized spacial score (nSPS) is 24.8. The van der Waals surface area contributed by atoms with Crippen LogP contribution in [-0.2, 0) is 14.3 Å². The summed E-state index contributed by atoms with van der Waals surface area (Å²) < 4.78 is 4.69. The van der Waals surface area contributed by atoms with Crippen molar-refractivity contribution in [1.82, 2.24) is 15.5 Å². The average molecular weight is 471 g/mol. The van der Waals surface area contributed by atoms with Gasteiger partial charge in [-0.25, -0.2) is 4.79 Å². The van der Waals surface area contributed by atoms with Gasteiger partial charge in [0.05, 0.1) is 6.10 Å². The summed E-state index contributed by atoms with van der Waals surface area (Å²) in [4.78, 5) is 40.6. The number of rotatable bonds is 9. The van der Waals surface area contributed by atoms with Crippen molar-refractivity contribution in [1.29, 1.82) is 0 Å². The van der Waals surface area contributed by atoms with Crippen molar-refractivity contribution in [2.75, 3.05) is 18.8 Å². The number of nitrogens with two attached hydrogens (primary N) is 1. The van der Waals surface area contributed by atoms with E-state index in [4.69, 9.17) is 10.5 Å². The van der Waals surface area contributed by atoms with Crippen LogP contribution in [0.15, 0.2) is 0 Å². The first-order valence-electron chi connectivity index (χ1n) is 12.0. The van der Waals surface area contributed by atoms with Crippen LogP contribution in [0.4, 0.5) is 4.79 Å². The van der Waals surface area contributed by atoms with Crippen molar-refractivity contribution >= 4 is 29.7 Å². The van der Waals surface area contributed by atoms with Crippen LogP contribution in [0.2, 0.25) is 0 Å². The van der Waals surface area contributed by atoms with Gasteiger partial charge in [-0.05, 0) is 77.9 Å². The molecular weight excluding hydrogens is 428 g/mol. The molecule has 2 rings (SSSR count). The van der Waals surface area contributed by atoms with Crippen LogP contribution in [0.3, 0.4) is 0 Å². The molecule has 1 aliphatic carbocycles. The predicted octanol–water partition coefficient (Wildman–Crippen LogP) is 2.65. The molecule has 2 unspecified atom stereocenters. The highest BCUT2D eigenvalue weighted by molar-refractivity contribution is 8.00. The van der Waals surface area contributed by atoms with Crippen LogP contribution in [0.25, 0.3) is 0 Å². The van der Waals surface area contributed by atoms with Crippen molar-refractivity contribution in [3.63, 3.8) is 0 Å². The van der Waals surface area contributed by atoms with E-state index in [1.165, 1.54) is 0 Å². The molecule has 184 valence electrons. The highest BCUT2D eigenvalue weighted by Gasteiger charge is 2.44. The lowest BCUT2D eigenvalue weighted by atomic mass is 9.86. The van der Waals surface area contributed by atoms with Gasteiger partial charge in [0, 0.05) is 23.9 Å². The van der Waals surface area contributed by atoms with Gasteiger partial charge in [-0.3, -0.25) is 9.59 Å². The Hall–Kier alpha value is -1.48. The number of hydrogen-bond donors (Lipinski definition) is 3. The monoisotopic (exact) mass is 470 g/mol. The summed E-state index contributed by atoms with van der Waals surface area (Å²) in [5.74, 6) is 0.921. The Morgan fingerprint density at radius 3 is 2.41 bits per heavy atom. The molecule has 0 bridgehead atoms. The lowest BCUT2D eigenvalue weighted by Crippen LogP contribution is -2.60. The molecule has 2 atom stereocenters. The molecule has 1 saturated carbocycles. The van der Waals surface area contributed by atoms with E-state index in [-0.39, 0.29) is 24.0 Å². The standard InChI is InChI=1S/C23H42N4O4S/c1-6-32-23(4,5)19(26-22(30)31-15(2)3)21(29)27-13-7-8-18(27)20(28)25-14-16-9-11-17(24)12-10-16/h15-19H,6-14,24H2,1-5H3,(H,25,28)(H,26,30). The van der Waals surface area contributed by atoms with Gasteiger partial charge in [-0.1, -0.05) is 6.92 Å². The second kappa shape index (κ2) is 12.1. The summed E-state index contributed by atoms with van der Waals surface area (Å²) in [5.41, 5.74) is 5.98. The number of carbonyl (C=O) groups excluding carboxylic acids is 3. The molecule has 0 aromatic carbocycles. The molecule has 9 heteroatoms. The summed E-state index contributed by atoms with van der Waals surface area (Å²) in [6.45, 7) is 10.6. The minimum absolute atomic E-state index is 0.102. The molecule has 1 heterocycles. The first-order chi connectivity index (χ1) is 15.0. The van der Waals surface area contributed by atoms with Crippen LogP contribution in [0.5, 0.6) is 0 Å². The summed E-state index contributed by atoms with van der Waals surface area (Å²) in [7, 11) is 0. The second-order valence-electron chi connectivity index (χ2n) is 9.78. The van der Waals surface area contributed by atoms with Gasteiger partial charge in [-0.15, -0.1) is 0 Å². The third-order valence-corrected chi connectivity index (χ3v) is 7.63. The predicted molar refractivity (Wildman–Crippen MR) is 128 cm³/mol. The smallest absolute Gasteiger partial charge is 0.408 e. The molecule has 1 saturated heterocycles. The van der Waals surface area contributed by atoms with Crippen molar-refractivity contribution < 1.29 is 19.1 Å². The fourth-order valence-electron chi connectivity index (χ4n) is 4.58. The fraction of sp³-hybridized carbons (Fsp3) is 0.870. The van der Waals surface area contributed by atoms with E-state index in [0.717, 1.165) is 37.9 Å². The van der Waals surface area contributed by atoms with Crippen LogP contribution in [0, 0.1) is 5.92 Å². The minimum atomic E-state index is -0.785. The number of thioether (sulfide) groups is 1. The number of alkyl carbamates (subject to hydrolysis) is 1. The molecule has 2 fully saturated rings. The number of hydrogen-bond acceptors (Lipinski definition) is 6. The average Bonchev–Trinajstić information content (AvgIpc) is 3.20. The van der Waals surface area contributed by atoms with E-state index in [1.807, 2.05) is 20.8 Å². The van der Waals surface area contributed by atoms with E-state index >= 15 is 0 Å². The highest BCUT2D eigenvalue weighted by atomic mass is 32.2. The van der Waals surface area contributed by atoms with E-state index in [9.17, 15) is 14.4 Å². The van der Waals surface area contributed by atoms with Crippen LogP contribution in [0.1, 0.15) is 73.1 Å². The fourth-order valence-corrected chi connectivity index (χ4v) is 5.65. The maximum absolute atomic E-state index is 13.6. The summed E-state index contributed by atoms with van der Waals surface area (Å²) >= 11 is 1.60. The first kappa shape index (κ1) is 26.8. The van der Waals surface area contributed by atoms with Crippen LogP contribution < -0.4 is 16.4 Å². The van der Waals surface area contributed by atoms with Gasteiger partial charge in [0.15, 0.2) is 0 Å². The zero-order valence-corrected chi connectivity index (χ0v) is 21.1. The van der Waals surface area contributed by atoms with E-state index < -0.39 is 22.9 Å². The van der Waals surface area contributed by atoms with Crippen molar-refractivity contribution in [3.8, 4) is 0 Å². The number of nitrogens with one attached hydrogen (secondary N) is 2. The van der Waals surface area contributed by atoms with Crippen molar-refractivity contribution in [2.24, 2.45) is 11.7 Å². The first-order valence-corrected chi connectivity index (χ1v) is 13.0. The number of carbonyl (C=O) groups is 3. The third kappa shape index (κ3) is 7.54. The summed E-state index contributed by atoms with van der Waals surface area (Å²) in [5, 5.41) is 5.85. The number of ether oxygens (including phenoxy) is 1. The highest BCUT2D eigenvalue weighted by Crippen LogP contribution is 2.31. The van der Waals surface area contributed by atoms with Gasteiger partial charge < -0.3 is 26.0 Å². The minimum Gasteiger partial charge on any atom is -0.447 e. The third-order valence-electron chi connectivity index (χ3n) is 6.36. The maximum Gasteiger partial charge on any atom is 0.408 e. The molecule has 0 aromatic rings. The van der Waals surface area contributed by atoms with E-state index in [0.29, 0.717) is 25.4 Å². The Morgan fingerprint density at radius 1 is 1.16 bits per heavy atom. The molecule has 0 aromatic heterocycles. The van der Waals surface area contributed by atoms with Gasteiger partial charge in [0.2, 0.25) is 11.8 Å². The lowest BCUT2D eigenvalue weighted by molar-refractivity contribution is -0.140. The topological polar surface area (TPSA) is 114 Å². The molecule has 1 aliphatic heterocycles. The Labute approximate surface area is 197 Å².